The number of nitrogen functional groups attached to an aromatic ring is 2. The molecule has 2 aliphatic rings. The standard InChI is InChI=1S/C29H30N6O5/c1-38-23-14-17(13-20-15-32-29(31)34-27(20)30)12-18(26(23)39-2)9-10-24(36)35-25(22-8-5-11-40-28(22)37)21-7-4-3-6-19(21)16-33-35/h3-4,6-7,9-10,12,14-16,22,25H,5,8,11,13H2,1-2H3,(H4,30,31,32,34). The molecule has 11 nitrogen and oxygen atoms in total. The molecule has 0 spiro atoms. The number of aromatic nitrogens is 2. The van der Waals surface area contributed by atoms with E-state index in [9.17, 15) is 9.59 Å². The quantitative estimate of drug-likeness (QED) is 0.338. The van der Waals surface area contributed by atoms with Gasteiger partial charge in [-0.1, -0.05) is 24.3 Å². The molecular weight excluding hydrogens is 512 g/mol. The minimum absolute atomic E-state index is 0.0958. The monoisotopic (exact) mass is 542 g/mol. The van der Waals surface area contributed by atoms with Crippen molar-refractivity contribution in [1.82, 2.24) is 15.0 Å². The third-order valence-electron chi connectivity index (χ3n) is 7.00. The van der Waals surface area contributed by atoms with E-state index >= 15 is 0 Å². The topological polar surface area (TPSA) is 155 Å². The number of methoxy groups -OCH3 is 2. The summed E-state index contributed by atoms with van der Waals surface area (Å²) in [5, 5.41) is 5.80. The number of hydrazone groups is 1. The van der Waals surface area contributed by atoms with Crippen LogP contribution in [0.2, 0.25) is 0 Å². The number of nitrogens with two attached hydrogens (primary N) is 2. The van der Waals surface area contributed by atoms with Crippen LogP contribution in [-0.4, -0.2) is 53.9 Å². The number of esters is 1. The number of benzene rings is 2. The van der Waals surface area contributed by atoms with Crippen molar-refractivity contribution in [1.29, 1.82) is 0 Å². The second-order valence-corrected chi connectivity index (χ2v) is 9.49. The Labute approximate surface area is 231 Å². The van der Waals surface area contributed by atoms with Crippen LogP contribution in [0.4, 0.5) is 11.8 Å². The summed E-state index contributed by atoms with van der Waals surface area (Å²) in [5.74, 6) is 0.0806. The van der Waals surface area contributed by atoms with Gasteiger partial charge in [0.1, 0.15) is 5.82 Å². The van der Waals surface area contributed by atoms with E-state index in [1.807, 2.05) is 36.4 Å². The number of anilines is 2. The smallest absolute Gasteiger partial charge is 0.311 e. The lowest BCUT2D eigenvalue weighted by atomic mass is 9.85. The molecule has 0 saturated carbocycles. The summed E-state index contributed by atoms with van der Waals surface area (Å²) in [4.78, 5) is 34.4. The number of hydrogen-bond acceptors (Lipinski definition) is 10. The van der Waals surface area contributed by atoms with Crippen molar-refractivity contribution in [2.75, 3.05) is 32.3 Å². The van der Waals surface area contributed by atoms with Gasteiger partial charge in [-0.05, 0) is 47.7 Å². The average Bonchev–Trinajstić information content (AvgIpc) is 2.96. The Morgan fingerprint density at radius 1 is 1.20 bits per heavy atom. The van der Waals surface area contributed by atoms with Crippen LogP contribution in [0.3, 0.4) is 0 Å². The number of amides is 1. The number of ether oxygens (including phenoxy) is 3. The summed E-state index contributed by atoms with van der Waals surface area (Å²) in [5.41, 5.74) is 15.5. The Morgan fingerprint density at radius 2 is 2.02 bits per heavy atom. The van der Waals surface area contributed by atoms with Gasteiger partial charge in [-0.2, -0.15) is 10.1 Å². The first kappa shape index (κ1) is 26.7. The van der Waals surface area contributed by atoms with Gasteiger partial charge < -0.3 is 25.7 Å². The second-order valence-electron chi connectivity index (χ2n) is 9.49. The fourth-order valence-electron chi connectivity index (χ4n) is 5.10. The fourth-order valence-corrected chi connectivity index (χ4v) is 5.10. The van der Waals surface area contributed by atoms with Crippen LogP contribution in [0, 0.1) is 5.92 Å². The lowest BCUT2D eigenvalue weighted by molar-refractivity contribution is -0.157. The van der Waals surface area contributed by atoms with Crippen LogP contribution in [0.1, 0.15) is 46.7 Å². The molecule has 40 heavy (non-hydrogen) atoms. The predicted molar refractivity (Wildman–Crippen MR) is 150 cm³/mol. The number of hydrogen-bond donors (Lipinski definition) is 2. The molecule has 5 rings (SSSR count). The molecule has 1 amide bonds. The maximum atomic E-state index is 13.6. The summed E-state index contributed by atoms with van der Waals surface area (Å²) in [6, 6.07) is 10.7. The summed E-state index contributed by atoms with van der Waals surface area (Å²) in [7, 11) is 3.06. The molecule has 1 aromatic heterocycles. The normalized spacial score (nSPS) is 18.4. The number of rotatable bonds is 7. The largest absolute Gasteiger partial charge is 0.493 e. The molecule has 2 atom stereocenters. The van der Waals surface area contributed by atoms with E-state index in [2.05, 4.69) is 15.1 Å². The molecule has 3 aromatic rings. The van der Waals surface area contributed by atoms with Crippen molar-refractivity contribution in [3.8, 4) is 11.5 Å². The first-order valence-corrected chi connectivity index (χ1v) is 12.8. The zero-order chi connectivity index (χ0) is 28.2. The van der Waals surface area contributed by atoms with Gasteiger partial charge in [0.05, 0.1) is 39.0 Å². The van der Waals surface area contributed by atoms with E-state index in [1.54, 1.807) is 18.5 Å². The molecule has 3 heterocycles. The van der Waals surface area contributed by atoms with Gasteiger partial charge in [0.2, 0.25) is 5.95 Å². The zero-order valence-electron chi connectivity index (χ0n) is 22.2. The maximum absolute atomic E-state index is 13.6. The van der Waals surface area contributed by atoms with Gasteiger partial charge in [0, 0.05) is 29.8 Å². The van der Waals surface area contributed by atoms with Gasteiger partial charge >= 0.3 is 5.97 Å². The van der Waals surface area contributed by atoms with E-state index < -0.39 is 17.9 Å². The molecule has 2 aliphatic heterocycles. The third-order valence-corrected chi connectivity index (χ3v) is 7.00. The van der Waals surface area contributed by atoms with E-state index in [-0.39, 0.29) is 17.7 Å². The number of carbonyl (C=O) groups excluding carboxylic acids is 2. The van der Waals surface area contributed by atoms with Crippen molar-refractivity contribution >= 4 is 35.9 Å². The molecule has 1 fully saturated rings. The Balaban J connectivity index is 1.47. The molecule has 2 unspecified atom stereocenters. The van der Waals surface area contributed by atoms with Gasteiger partial charge in [0.25, 0.3) is 5.91 Å². The number of cyclic esters (lactones) is 1. The Morgan fingerprint density at radius 3 is 2.77 bits per heavy atom. The molecule has 0 radical (unpaired) electrons. The van der Waals surface area contributed by atoms with Gasteiger partial charge in [-0.3, -0.25) is 9.59 Å². The highest BCUT2D eigenvalue weighted by molar-refractivity contribution is 5.95. The van der Waals surface area contributed by atoms with E-state index in [4.69, 9.17) is 25.7 Å². The lowest BCUT2D eigenvalue weighted by Gasteiger charge is -2.37. The minimum Gasteiger partial charge on any atom is -0.493 e. The van der Waals surface area contributed by atoms with Gasteiger partial charge in [0.15, 0.2) is 11.5 Å². The van der Waals surface area contributed by atoms with Crippen molar-refractivity contribution in [3.05, 3.63) is 76.5 Å². The van der Waals surface area contributed by atoms with Gasteiger partial charge in [-0.15, -0.1) is 0 Å². The van der Waals surface area contributed by atoms with Crippen LogP contribution < -0.4 is 20.9 Å². The Kier molecular flexibility index (Phi) is 7.63. The number of carbonyl (C=O) groups is 2. The minimum atomic E-state index is -0.581. The highest BCUT2D eigenvalue weighted by Crippen LogP contribution is 2.39. The van der Waals surface area contributed by atoms with E-state index in [0.29, 0.717) is 42.1 Å². The van der Waals surface area contributed by atoms with Crippen LogP contribution in [0.25, 0.3) is 6.08 Å². The van der Waals surface area contributed by atoms with Crippen molar-refractivity contribution in [2.24, 2.45) is 11.0 Å². The highest BCUT2D eigenvalue weighted by Gasteiger charge is 2.41. The first-order chi connectivity index (χ1) is 19.4. The molecular formula is C29H30N6O5. The Bertz CT molecular complexity index is 1500. The predicted octanol–water partition coefficient (Wildman–Crippen LogP) is 3.13. The lowest BCUT2D eigenvalue weighted by Crippen LogP contribution is -2.41. The molecule has 11 heteroatoms. The Hall–Kier alpha value is -4.93. The number of nitrogens with zero attached hydrogens (tertiary/aromatic N) is 4. The molecule has 1 saturated heterocycles. The van der Waals surface area contributed by atoms with Crippen LogP contribution in [0.15, 0.2) is 53.8 Å². The molecule has 0 aliphatic carbocycles. The number of fused-ring (bicyclic) bond motifs is 1. The molecule has 2 aromatic carbocycles. The van der Waals surface area contributed by atoms with Crippen LogP contribution >= 0.6 is 0 Å². The summed E-state index contributed by atoms with van der Waals surface area (Å²) in [6.45, 7) is 0.382. The summed E-state index contributed by atoms with van der Waals surface area (Å²) >= 11 is 0. The highest BCUT2D eigenvalue weighted by atomic mass is 16.5. The van der Waals surface area contributed by atoms with E-state index in [1.165, 1.54) is 25.3 Å². The molecule has 206 valence electrons. The van der Waals surface area contributed by atoms with E-state index in [0.717, 1.165) is 23.1 Å². The first-order valence-electron chi connectivity index (χ1n) is 12.8. The van der Waals surface area contributed by atoms with Gasteiger partial charge in [-0.25, -0.2) is 9.99 Å². The summed E-state index contributed by atoms with van der Waals surface area (Å²) in [6.07, 6.45) is 8.00. The van der Waals surface area contributed by atoms with Crippen molar-refractivity contribution in [2.45, 2.75) is 25.3 Å². The molecule has 4 N–H and O–H groups in total. The van der Waals surface area contributed by atoms with Crippen molar-refractivity contribution in [3.63, 3.8) is 0 Å². The average molecular weight is 543 g/mol. The maximum Gasteiger partial charge on any atom is 0.311 e. The van der Waals surface area contributed by atoms with Crippen molar-refractivity contribution < 1.29 is 23.8 Å². The SMILES string of the molecule is COc1cc(Cc2cnc(N)nc2N)cc(C=CC(=O)N2N=Cc3ccccc3C2C2CCCOC2=O)c1OC. The van der Waals surface area contributed by atoms with Crippen LogP contribution in [0.5, 0.6) is 11.5 Å². The fraction of sp³-hybridized carbons (Fsp3) is 0.276. The summed E-state index contributed by atoms with van der Waals surface area (Å²) < 4.78 is 16.5. The van der Waals surface area contributed by atoms with Crippen LogP contribution in [-0.2, 0) is 20.7 Å². The molecule has 0 bridgehead atoms. The second kappa shape index (κ2) is 11.4. The third kappa shape index (κ3) is 5.31. The zero-order valence-corrected chi connectivity index (χ0v) is 22.2.